The summed E-state index contributed by atoms with van der Waals surface area (Å²) < 4.78 is 2.08. The Balaban J connectivity index is 1.67. The second-order valence-electron chi connectivity index (χ2n) is 7.57. The minimum absolute atomic E-state index is 0.0494. The molecule has 0 saturated heterocycles. The molecule has 0 radical (unpaired) electrons. The predicted octanol–water partition coefficient (Wildman–Crippen LogP) is 6.73. The van der Waals surface area contributed by atoms with E-state index in [2.05, 4.69) is 28.9 Å². The Morgan fingerprint density at radius 2 is 1.66 bits per heavy atom. The van der Waals surface area contributed by atoms with Gasteiger partial charge in [0.15, 0.2) is 5.78 Å². The number of anilines is 2. The number of carbonyl (C=O) groups excluding carboxylic acids is 1. The standard InChI is InChI=1S/C25H23ClN2O/c1-15-12-17(3)21(13-16(15)2)25(29)20-9-8-19(14-22(20)26)27-23-7-5-6-18-10-11-28(4)24(18)23/h5-14,27H,1-4H3. The lowest BCUT2D eigenvalue weighted by Gasteiger charge is -2.13. The van der Waals surface area contributed by atoms with Gasteiger partial charge in [-0.25, -0.2) is 0 Å². The van der Waals surface area contributed by atoms with E-state index in [1.165, 1.54) is 10.9 Å². The fourth-order valence-corrected chi connectivity index (χ4v) is 4.01. The molecule has 0 spiro atoms. The minimum Gasteiger partial charge on any atom is -0.354 e. The van der Waals surface area contributed by atoms with Crippen molar-refractivity contribution in [3.63, 3.8) is 0 Å². The largest absolute Gasteiger partial charge is 0.354 e. The zero-order valence-corrected chi connectivity index (χ0v) is 17.8. The highest BCUT2D eigenvalue weighted by molar-refractivity contribution is 6.35. The molecule has 1 aromatic heterocycles. The Hall–Kier alpha value is -3.04. The normalized spacial score (nSPS) is 11.1. The van der Waals surface area contributed by atoms with Crippen LogP contribution in [0.3, 0.4) is 0 Å². The van der Waals surface area contributed by atoms with Crippen molar-refractivity contribution < 1.29 is 4.79 Å². The van der Waals surface area contributed by atoms with Crippen LogP contribution in [0.5, 0.6) is 0 Å². The molecule has 29 heavy (non-hydrogen) atoms. The van der Waals surface area contributed by atoms with E-state index in [0.717, 1.165) is 28.0 Å². The van der Waals surface area contributed by atoms with Gasteiger partial charge >= 0.3 is 0 Å². The molecule has 0 aliphatic rings. The lowest BCUT2D eigenvalue weighted by Crippen LogP contribution is -2.06. The van der Waals surface area contributed by atoms with Crippen LogP contribution in [0.25, 0.3) is 10.9 Å². The van der Waals surface area contributed by atoms with Gasteiger partial charge in [0.05, 0.1) is 16.2 Å². The minimum atomic E-state index is -0.0494. The average Bonchev–Trinajstić information content (AvgIpc) is 3.06. The first-order valence-electron chi connectivity index (χ1n) is 9.58. The molecule has 0 aliphatic carbocycles. The molecule has 3 aromatic carbocycles. The summed E-state index contributed by atoms with van der Waals surface area (Å²) in [7, 11) is 2.02. The summed E-state index contributed by atoms with van der Waals surface area (Å²) in [5, 5.41) is 5.04. The summed E-state index contributed by atoms with van der Waals surface area (Å²) in [6, 6.07) is 17.7. The molecule has 3 nitrogen and oxygen atoms in total. The highest BCUT2D eigenvalue weighted by Gasteiger charge is 2.17. The van der Waals surface area contributed by atoms with Gasteiger partial charge in [-0.2, -0.15) is 0 Å². The van der Waals surface area contributed by atoms with Crippen LogP contribution < -0.4 is 5.32 Å². The van der Waals surface area contributed by atoms with Crippen LogP contribution in [0, 0.1) is 20.8 Å². The number of rotatable bonds is 4. The van der Waals surface area contributed by atoms with E-state index in [0.29, 0.717) is 16.1 Å². The SMILES string of the molecule is Cc1cc(C)c(C(=O)c2ccc(Nc3cccc4ccn(C)c34)cc2Cl)cc1C. The van der Waals surface area contributed by atoms with Gasteiger partial charge in [-0.05, 0) is 73.9 Å². The summed E-state index contributed by atoms with van der Waals surface area (Å²) in [5.74, 6) is -0.0494. The van der Waals surface area contributed by atoms with E-state index < -0.39 is 0 Å². The van der Waals surface area contributed by atoms with Gasteiger partial charge in [-0.1, -0.05) is 29.8 Å². The van der Waals surface area contributed by atoms with Crippen LogP contribution in [-0.2, 0) is 7.05 Å². The topological polar surface area (TPSA) is 34.0 Å². The molecule has 0 atom stereocenters. The molecule has 1 N–H and O–H groups in total. The van der Waals surface area contributed by atoms with E-state index in [1.54, 1.807) is 6.07 Å². The molecule has 4 rings (SSSR count). The highest BCUT2D eigenvalue weighted by atomic mass is 35.5. The predicted molar refractivity (Wildman–Crippen MR) is 122 cm³/mol. The fourth-order valence-electron chi connectivity index (χ4n) is 3.74. The van der Waals surface area contributed by atoms with Gasteiger partial charge in [0, 0.05) is 35.4 Å². The number of ketones is 1. The number of hydrogen-bond donors (Lipinski definition) is 1. The van der Waals surface area contributed by atoms with E-state index in [9.17, 15) is 4.79 Å². The van der Waals surface area contributed by atoms with Crippen LogP contribution in [0.1, 0.15) is 32.6 Å². The number of aromatic nitrogens is 1. The number of para-hydroxylation sites is 1. The Labute approximate surface area is 175 Å². The first-order valence-corrected chi connectivity index (χ1v) is 9.96. The molecule has 0 aliphatic heterocycles. The molecule has 0 fully saturated rings. The lowest BCUT2D eigenvalue weighted by molar-refractivity contribution is 0.103. The number of nitrogens with zero attached hydrogens (tertiary/aromatic N) is 1. The van der Waals surface area contributed by atoms with Crippen LogP contribution in [0.15, 0.2) is 60.8 Å². The second kappa shape index (κ2) is 7.41. The maximum absolute atomic E-state index is 13.1. The van der Waals surface area contributed by atoms with Gasteiger partial charge in [-0.3, -0.25) is 4.79 Å². The third-order valence-electron chi connectivity index (χ3n) is 5.48. The number of nitrogens with one attached hydrogen (secondary N) is 1. The number of benzene rings is 3. The number of halogens is 1. The number of fused-ring (bicyclic) bond motifs is 1. The van der Waals surface area contributed by atoms with Crippen molar-refractivity contribution in [2.45, 2.75) is 20.8 Å². The second-order valence-corrected chi connectivity index (χ2v) is 7.98. The van der Waals surface area contributed by atoms with E-state index in [1.807, 2.05) is 63.5 Å². The Morgan fingerprint density at radius 1 is 0.897 bits per heavy atom. The smallest absolute Gasteiger partial charge is 0.194 e. The van der Waals surface area contributed by atoms with Crippen LogP contribution >= 0.6 is 11.6 Å². The number of aryl methyl sites for hydroxylation is 4. The Bertz CT molecular complexity index is 1250. The van der Waals surface area contributed by atoms with Gasteiger partial charge < -0.3 is 9.88 Å². The molecule has 1 heterocycles. The molecular weight excluding hydrogens is 380 g/mol. The first kappa shape index (κ1) is 19.3. The molecule has 146 valence electrons. The van der Waals surface area contributed by atoms with Gasteiger partial charge in [-0.15, -0.1) is 0 Å². The molecule has 0 bridgehead atoms. The van der Waals surface area contributed by atoms with Crippen LogP contribution in [0.4, 0.5) is 11.4 Å². The van der Waals surface area contributed by atoms with Crippen molar-refractivity contribution in [1.82, 2.24) is 4.57 Å². The summed E-state index contributed by atoms with van der Waals surface area (Å²) in [6.45, 7) is 6.03. The van der Waals surface area contributed by atoms with Crippen molar-refractivity contribution in [2.75, 3.05) is 5.32 Å². The zero-order chi connectivity index (χ0) is 20.7. The van der Waals surface area contributed by atoms with Crippen molar-refractivity contribution in [3.05, 3.63) is 93.6 Å². The maximum atomic E-state index is 13.1. The highest BCUT2D eigenvalue weighted by Crippen LogP contribution is 2.30. The Kier molecular flexibility index (Phi) is 4.93. The third kappa shape index (κ3) is 3.54. The summed E-state index contributed by atoms with van der Waals surface area (Å²) in [5.41, 5.74) is 7.42. The summed E-state index contributed by atoms with van der Waals surface area (Å²) >= 11 is 6.53. The average molecular weight is 403 g/mol. The molecule has 0 saturated carbocycles. The summed E-state index contributed by atoms with van der Waals surface area (Å²) in [4.78, 5) is 13.1. The summed E-state index contributed by atoms with van der Waals surface area (Å²) in [6.07, 6.45) is 2.04. The first-order chi connectivity index (χ1) is 13.8. The van der Waals surface area contributed by atoms with Crippen molar-refractivity contribution in [3.8, 4) is 0 Å². The van der Waals surface area contributed by atoms with Crippen molar-refractivity contribution in [1.29, 1.82) is 0 Å². The van der Waals surface area contributed by atoms with E-state index in [-0.39, 0.29) is 5.78 Å². The van der Waals surface area contributed by atoms with E-state index in [4.69, 9.17) is 11.6 Å². The number of carbonyl (C=O) groups is 1. The third-order valence-corrected chi connectivity index (χ3v) is 5.79. The van der Waals surface area contributed by atoms with Gasteiger partial charge in [0.1, 0.15) is 0 Å². The van der Waals surface area contributed by atoms with Crippen molar-refractivity contribution >= 4 is 39.7 Å². The Morgan fingerprint density at radius 3 is 2.41 bits per heavy atom. The molecule has 4 heteroatoms. The van der Waals surface area contributed by atoms with Crippen LogP contribution in [-0.4, -0.2) is 10.4 Å². The van der Waals surface area contributed by atoms with Crippen molar-refractivity contribution in [2.24, 2.45) is 7.05 Å². The molecular formula is C25H23ClN2O. The van der Waals surface area contributed by atoms with Crippen LogP contribution in [0.2, 0.25) is 5.02 Å². The molecule has 0 unspecified atom stereocenters. The molecule has 0 amide bonds. The van der Waals surface area contributed by atoms with E-state index >= 15 is 0 Å². The van der Waals surface area contributed by atoms with Gasteiger partial charge in [0.25, 0.3) is 0 Å². The monoisotopic (exact) mass is 402 g/mol. The quantitative estimate of drug-likeness (QED) is 0.384. The maximum Gasteiger partial charge on any atom is 0.194 e. The number of hydrogen-bond acceptors (Lipinski definition) is 2. The zero-order valence-electron chi connectivity index (χ0n) is 17.0. The lowest BCUT2D eigenvalue weighted by atomic mass is 9.94. The fraction of sp³-hybridized carbons (Fsp3) is 0.160. The molecule has 4 aromatic rings. The van der Waals surface area contributed by atoms with Gasteiger partial charge in [0.2, 0.25) is 0 Å².